The van der Waals surface area contributed by atoms with Crippen LogP contribution in [0.2, 0.25) is 0 Å². The molecule has 2 heterocycles. The number of benzene rings is 4. The summed E-state index contributed by atoms with van der Waals surface area (Å²) in [7, 11) is 0. The number of hydrogen-bond acceptors (Lipinski definition) is 4. The number of halogens is 3. The molecule has 7 rings (SSSR count). The summed E-state index contributed by atoms with van der Waals surface area (Å²) in [5.41, 5.74) is 3.51. The molecule has 6 nitrogen and oxygen atoms in total. The van der Waals surface area contributed by atoms with Gasteiger partial charge < -0.3 is 14.4 Å². The van der Waals surface area contributed by atoms with Crippen LogP contribution in [-0.4, -0.2) is 25.6 Å². The average molecular weight is 608 g/mol. The van der Waals surface area contributed by atoms with Crippen molar-refractivity contribution in [1.29, 1.82) is 0 Å². The van der Waals surface area contributed by atoms with E-state index in [9.17, 15) is 18.7 Å². The molecule has 1 unspecified atom stereocenters. The number of fused-ring (bicyclic) bond motifs is 2. The molecule has 2 aromatic heterocycles. The molecule has 4 aromatic carbocycles. The van der Waals surface area contributed by atoms with Gasteiger partial charge in [0.15, 0.2) is 11.6 Å². The second kappa shape index (κ2) is 10.8. The number of carboxylic acids is 1. The van der Waals surface area contributed by atoms with E-state index in [4.69, 9.17) is 9.72 Å². The number of ether oxygens (including phenoxy) is 1. The van der Waals surface area contributed by atoms with Crippen molar-refractivity contribution in [2.24, 2.45) is 11.3 Å². The van der Waals surface area contributed by atoms with E-state index in [2.05, 4.69) is 4.98 Å². The zero-order valence-electron chi connectivity index (χ0n) is 24.5. The highest BCUT2D eigenvalue weighted by atomic mass is 19.2. The summed E-state index contributed by atoms with van der Waals surface area (Å²) in [6.07, 6.45) is 0. The van der Waals surface area contributed by atoms with E-state index in [0.29, 0.717) is 39.3 Å². The Kier molecular flexibility index (Phi) is 6.84. The first kappa shape index (κ1) is 28.6. The maximum absolute atomic E-state index is 15.5. The van der Waals surface area contributed by atoms with Gasteiger partial charge >= 0.3 is 5.97 Å². The van der Waals surface area contributed by atoms with E-state index >= 15 is 4.39 Å². The minimum absolute atomic E-state index is 0.0931. The lowest BCUT2D eigenvalue weighted by Crippen LogP contribution is -2.08. The molecule has 1 aliphatic rings. The first-order chi connectivity index (χ1) is 21.6. The smallest absolute Gasteiger partial charge is 0.307 e. The van der Waals surface area contributed by atoms with Gasteiger partial charge in [0.1, 0.15) is 24.0 Å². The number of pyridine rings is 1. The highest BCUT2D eigenvalue weighted by Gasteiger charge is 2.64. The highest BCUT2D eigenvalue weighted by molar-refractivity contribution is 5.81. The zero-order chi connectivity index (χ0) is 31.5. The Morgan fingerprint density at radius 2 is 1.60 bits per heavy atom. The van der Waals surface area contributed by atoms with Crippen molar-refractivity contribution in [3.05, 3.63) is 126 Å². The molecule has 1 saturated carbocycles. The minimum atomic E-state index is -1.01. The van der Waals surface area contributed by atoms with Gasteiger partial charge in [-0.1, -0.05) is 56.3 Å². The third-order valence-electron chi connectivity index (χ3n) is 8.80. The number of aliphatic carboxylic acids is 1. The van der Waals surface area contributed by atoms with Crippen LogP contribution >= 0.6 is 0 Å². The minimum Gasteiger partial charge on any atom is -0.487 e. The van der Waals surface area contributed by atoms with Crippen LogP contribution in [0.3, 0.4) is 0 Å². The van der Waals surface area contributed by atoms with Crippen LogP contribution < -0.4 is 4.74 Å². The lowest BCUT2D eigenvalue weighted by atomic mass is 10.0. The van der Waals surface area contributed by atoms with E-state index in [-0.39, 0.29) is 19.1 Å². The Morgan fingerprint density at radius 3 is 2.33 bits per heavy atom. The normalized spacial score (nSPS) is 17.1. The van der Waals surface area contributed by atoms with Crippen molar-refractivity contribution in [2.45, 2.75) is 32.9 Å². The van der Waals surface area contributed by atoms with Crippen LogP contribution in [0, 0.1) is 28.8 Å². The summed E-state index contributed by atoms with van der Waals surface area (Å²) in [6.45, 7) is 4.12. The van der Waals surface area contributed by atoms with E-state index in [1.165, 1.54) is 12.1 Å². The van der Waals surface area contributed by atoms with Crippen LogP contribution in [-0.2, 0) is 17.9 Å². The molecule has 1 N–H and O–H groups in total. The molecule has 6 aromatic rings. The summed E-state index contributed by atoms with van der Waals surface area (Å²) in [6, 6.07) is 25.2. The Labute approximate surface area is 256 Å². The molecule has 0 bridgehead atoms. The molecule has 0 saturated heterocycles. The van der Waals surface area contributed by atoms with Gasteiger partial charge in [-0.2, -0.15) is 0 Å². The molecule has 0 amide bonds. The predicted molar refractivity (Wildman–Crippen MR) is 164 cm³/mol. The molecule has 1 fully saturated rings. The molecule has 0 aliphatic heterocycles. The standard InChI is InChI=1S/C36H28F3N3O3/c1-36(2)32(33(36)35(43)44)34-41-30-17-25(45-19-24-11-9-20-5-3-4-6-29(20)40-24)12-14-31(30)42(34)18-23-8-7-21(15-27(23)38)22-10-13-26(37)28(39)16-22/h3-17,32-33H,18-19H2,1-2H3,(H,43,44)/t32?,33-/m1/s1. The number of para-hydroxylation sites is 1. The molecular weight excluding hydrogens is 579 g/mol. The van der Waals surface area contributed by atoms with Gasteiger partial charge in [0.25, 0.3) is 0 Å². The Balaban J connectivity index is 1.21. The highest BCUT2D eigenvalue weighted by Crippen LogP contribution is 2.64. The van der Waals surface area contributed by atoms with E-state index < -0.39 is 34.8 Å². The van der Waals surface area contributed by atoms with Gasteiger partial charge in [-0.05, 0) is 59.0 Å². The topological polar surface area (TPSA) is 77.2 Å². The van der Waals surface area contributed by atoms with Crippen LogP contribution in [0.5, 0.6) is 5.75 Å². The Morgan fingerprint density at radius 1 is 0.844 bits per heavy atom. The number of carboxylic acid groups (broad SMARTS) is 1. The number of rotatable bonds is 8. The van der Waals surface area contributed by atoms with Gasteiger partial charge in [-0.15, -0.1) is 0 Å². The number of hydrogen-bond donors (Lipinski definition) is 1. The van der Waals surface area contributed by atoms with E-state index in [0.717, 1.165) is 28.7 Å². The molecular formula is C36H28F3N3O3. The maximum Gasteiger partial charge on any atom is 0.307 e. The zero-order valence-corrected chi connectivity index (χ0v) is 24.5. The van der Waals surface area contributed by atoms with Crippen LogP contribution in [0.25, 0.3) is 33.1 Å². The van der Waals surface area contributed by atoms with Crippen LogP contribution in [0.1, 0.15) is 36.8 Å². The monoisotopic (exact) mass is 607 g/mol. The lowest BCUT2D eigenvalue weighted by molar-refractivity contribution is -0.139. The van der Waals surface area contributed by atoms with Crippen molar-refractivity contribution < 1.29 is 27.8 Å². The molecule has 1 aliphatic carbocycles. The van der Waals surface area contributed by atoms with Gasteiger partial charge in [-0.25, -0.2) is 23.1 Å². The molecule has 0 radical (unpaired) electrons. The van der Waals surface area contributed by atoms with Gasteiger partial charge in [-0.3, -0.25) is 4.79 Å². The largest absolute Gasteiger partial charge is 0.487 e. The van der Waals surface area contributed by atoms with Crippen LogP contribution in [0.4, 0.5) is 13.2 Å². The lowest BCUT2D eigenvalue weighted by Gasteiger charge is -2.13. The number of carbonyl (C=O) groups is 1. The van der Waals surface area contributed by atoms with Crippen molar-refractivity contribution in [3.63, 3.8) is 0 Å². The predicted octanol–water partition coefficient (Wildman–Crippen LogP) is 8.12. The van der Waals surface area contributed by atoms with Crippen molar-refractivity contribution in [3.8, 4) is 16.9 Å². The third kappa shape index (κ3) is 5.18. The molecule has 0 spiro atoms. The van der Waals surface area contributed by atoms with Gasteiger partial charge in [0.05, 0.1) is 34.7 Å². The first-order valence-electron chi connectivity index (χ1n) is 14.5. The van der Waals surface area contributed by atoms with E-state index in [1.54, 1.807) is 24.3 Å². The van der Waals surface area contributed by atoms with Gasteiger partial charge in [0, 0.05) is 22.9 Å². The second-order valence-electron chi connectivity index (χ2n) is 12.0. The Bertz CT molecular complexity index is 2120. The summed E-state index contributed by atoms with van der Waals surface area (Å²) in [4.78, 5) is 21.6. The fraction of sp³-hybridized carbons (Fsp3) is 0.194. The summed E-state index contributed by atoms with van der Waals surface area (Å²) in [5, 5.41) is 11.0. The fourth-order valence-corrected chi connectivity index (χ4v) is 6.25. The van der Waals surface area contributed by atoms with Crippen LogP contribution in [0.15, 0.2) is 91.0 Å². The molecule has 2 atom stereocenters. The second-order valence-corrected chi connectivity index (χ2v) is 12.0. The molecule has 226 valence electrons. The number of imidazole rings is 1. The maximum atomic E-state index is 15.5. The molecule has 9 heteroatoms. The van der Waals surface area contributed by atoms with Crippen molar-refractivity contribution >= 4 is 27.9 Å². The fourth-order valence-electron chi connectivity index (χ4n) is 6.25. The quantitative estimate of drug-likeness (QED) is 0.189. The summed E-state index contributed by atoms with van der Waals surface area (Å²) >= 11 is 0. The number of nitrogens with zero attached hydrogens (tertiary/aromatic N) is 3. The summed E-state index contributed by atoms with van der Waals surface area (Å²) in [5.74, 6) is -3.31. The summed E-state index contributed by atoms with van der Waals surface area (Å²) < 4.78 is 50.7. The van der Waals surface area contributed by atoms with E-state index in [1.807, 2.05) is 60.9 Å². The Hall–Kier alpha value is -5.18. The molecule has 45 heavy (non-hydrogen) atoms. The van der Waals surface area contributed by atoms with Crippen molar-refractivity contribution in [1.82, 2.24) is 14.5 Å². The van der Waals surface area contributed by atoms with Crippen molar-refractivity contribution in [2.75, 3.05) is 0 Å². The number of aromatic nitrogens is 3. The third-order valence-corrected chi connectivity index (χ3v) is 8.80. The average Bonchev–Trinajstić information content (AvgIpc) is 3.44. The van der Waals surface area contributed by atoms with Gasteiger partial charge in [0.2, 0.25) is 0 Å². The SMILES string of the molecule is CC1(C)C(c2nc3cc(OCc4ccc5ccccc5n4)ccc3n2Cc2ccc(-c3ccc(F)c(F)c3)cc2F)[C@@H]1C(=O)O. The first-order valence-corrected chi connectivity index (χ1v) is 14.5.